The number of imidazole rings is 1. The number of hydrogen-bond acceptors (Lipinski definition) is 4. The van der Waals surface area contributed by atoms with Crippen LogP contribution in [0.15, 0.2) is 18.2 Å². The zero-order valence-corrected chi connectivity index (χ0v) is 12.9. The highest BCUT2D eigenvalue weighted by molar-refractivity contribution is 5.85. The quantitative estimate of drug-likeness (QED) is 0.840. The first-order chi connectivity index (χ1) is 9.86. The van der Waals surface area contributed by atoms with Crippen molar-refractivity contribution in [1.29, 1.82) is 0 Å². The van der Waals surface area contributed by atoms with Gasteiger partial charge in [0.2, 0.25) is 5.91 Å². The molecule has 2 aromatic rings. The number of hydrogen-bond donors (Lipinski definition) is 2. The lowest BCUT2D eigenvalue weighted by molar-refractivity contribution is -0.132. The Morgan fingerprint density at radius 3 is 2.71 bits per heavy atom. The lowest BCUT2D eigenvalue weighted by atomic mass is 10.2. The number of benzene rings is 1. The second kappa shape index (κ2) is 5.73. The summed E-state index contributed by atoms with van der Waals surface area (Å²) in [5.41, 5.74) is 7.87. The molecule has 6 heteroatoms. The molecule has 1 aromatic heterocycles. The maximum absolute atomic E-state index is 12.4. The molecule has 2 atom stereocenters. The van der Waals surface area contributed by atoms with E-state index in [1.54, 1.807) is 35.6 Å². The normalized spacial score (nSPS) is 14.1. The van der Waals surface area contributed by atoms with E-state index in [0.717, 1.165) is 5.52 Å². The summed E-state index contributed by atoms with van der Waals surface area (Å²) < 4.78 is 1.79. The van der Waals surface area contributed by atoms with Gasteiger partial charge in [0, 0.05) is 19.3 Å². The summed E-state index contributed by atoms with van der Waals surface area (Å²) >= 11 is 0. The van der Waals surface area contributed by atoms with Gasteiger partial charge in [-0.05, 0) is 39.0 Å². The molecule has 0 aliphatic heterocycles. The van der Waals surface area contributed by atoms with Crippen molar-refractivity contribution in [3.05, 3.63) is 24.0 Å². The second-order valence-corrected chi connectivity index (χ2v) is 5.29. The van der Waals surface area contributed by atoms with E-state index < -0.39 is 12.1 Å². The highest BCUT2D eigenvalue weighted by atomic mass is 16.3. The van der Waals surface area contributed by atoms with E-state index in [0.29, 0.717) is 23.6 Å². The Bertz CT molecular complexity index is 663. The Labute approximate surface area is 124 Å². The zero-order valence-electron chi connectivity index (χ0n) is 12.9. The predicted octanol–water partition coefficient (Wildman–Crippen LogP) is 1.71. The van der Waals surface area contributed by atoms with E-state index in [1.165, 1.54) is 0 Å². The van der Waals surface area contributed by atoms with Crippen molar-refractivity contribution in [2.75, 3.05) is 19.3 Å². The van der Waals surface area contributed by atoms with Crippen LogP contribution >= 0.6 is 0 Å². The smallest absolute Gasteiger partial charge is 0.245 e. The Morgan fingerprint density at radius 2 is 2.14 bits per heavy atom. The van der Waals surface area contributed by atoms with E-state index in [1.807, 2.05) is 19.9 Å². The molecule has 0 aliphatic carbocycles. The summed E-state index contributed by atoms with van der Waals surface area (Å²) in [6.45, 7) is 6.01. The molecule has 21 heavy (non-hydrogen) atoms. The van der Waals surface area contributed by atoms with Crippen molar-refractivity contribution >= 4 is 22.6 Å². The molecule has 2 rings (SSSR count). The molecule has 0 radical (unpaired) electrons. The summed E-state index contributed by atoms with van der Waals surface area (Å²) in [5, 5.41) is 9.96. The van der Waals surface area contributed by atoms with Gasteiger partial charge in [0.1, 0.15) is 18.0 Å². The number of nitrogens with two attached hydrogens (primary N) is 1. The van der Waals surface area contributed by atoms with Crippen LogP contribution in [0.1, 0.15) is 38.7 Å². The third kappa shape index (κ3) is 2.71. The third-order valence-corrected chi connectivity index (χ3v) is 3.71. The molecular weight excluding hydrogens is 268 g/mol. The summed E-state index contributed by atoms with van der Waals surface area (Å²) in [7, 11) is 1.76. The fraction of sp³-hybridized carbons (Fsp3) is 0.467. The minimum Gasteiger partial charge on any atom is -0.399 e. The minimum atomic E-state index is -0.763. The predicted molar refractivity (Wildman–Crippen MR) is 82.8 cm³/mol. The largest absolute Gasteiger partial charge is 0.399 e. The van der Waals surface area contributed by atoms with Crippen LogP contribution in [0.2, 0.25) is 0 Å². The molecule has 0 saturated heterocycles. The molecular formula is C15H22N4O2. The van der Waals surface area contributed by atoms with Gasteiger partial charge in [-0.15, -0.1) is 0 Å². The van der Waals surface area contributed by atoms with Crippen molar-refractivity contribution in [2.45, 2.75) is 32.9 Å². The number of nitrogens with zero attached hydrogens (tertiary/aromatic N) is 3. The number of aliphatic hydroxyl groups is 1. The number of likely N-dealkylation sites (N-methyl/N-ethyl adjacent to an activating group) is 1. The Balaban J connectivity index is 2.60. The van der Waals surface area contributed by atoms with Crippen LogP contribution in [0.4, 0.5) is 5.69 Å². The van der Waals surface area contributed by atoms with Crippen molar-refractivity contribution < 1.29 is 9.90 Å². The van der Waals surface area contributed by atoms with E-state index >= 15 is 0 Å². The lowest BCUT2D eigenvalue weighted by Crippen LogP contribution is -2.33. The van der Waals surface area contributed by atoms with Crippen LogP contribution in [-0.4, -0.2) is 39.1 Å². The molecule has 0 spiro atoms. The molecule has 6 nitrogen and oxygen atoms in total. The first kappa shape index (κ1) is 15.3. The topological polar surface area (TPSA) is 84.4 Å². The first-order valence-electron chi connectivity index (χ1n) is 7.07. The highest BCUT2D eigenvalue weighted by Crippen LogP contribution is 2.27. The van der Waals surface area contributed by atoms with Gasteiger partial charge in [-0.3, -0.25) is 4.79 Å². The van der Waals surface area contributed by atoms with Crippen molar-refractivity contribution in [3.8, 4) is 0 Å². The van der Waals surface area contributed by atoms with E-state index in [4.69, 9.17) is 5.73 Å². The van der Waals surface area contributed by atoms with Gasteiger partial charge in [0.25, 0.3) is 0 Å². The maximum Gasteiger partial charge on any atom is 0.245 e. The van der Waals surface area contributed by atoms with Gasteiger partial charge in [-0.25, -0.2) is 4.98 Å². The number of aliphatic hydroxyl groups excluding tert-OH is 1. The highest BCUT2D eigenvalue weighted by Gasteiger charge is 2.25. The number of aromatic nitrogens is 2. The number of anilines is 1. The molecule has 1 amide bonds. The van der Waals surface area contributed by atoms with Crippen LogP contribution in [0, 0.1) is 0 Å². The van der Waals surface area contributed by atoms with Crippen molar-refractivity contribution in [2.24, 2.45) is 0 Å². The summed E-state index contributed by atoms with van der Waals surface area (Å²) in [6, 6.07) is 4.92. The fourth-order valence-corrected chi connectivity index (χ4v) is 2.42. The summed E-state index contributed by atoms with van der Waals surface area (Å²) in [4.78, 5) is 18.5. The molecule has 1 aromatic carbocycles. The summed E-state index contributed by atoms with van der Waals surface area (Å²) in [6.07, 6.45) is -0.763. The number of amides is 1. The Morgan fingerprint density at radius 1 is 1.48 bits per heavy atom. The van der Waals surface area contributed by atoms with Crippen LogP contribution in [0.5, 0.6) is 0 Å². The minimum absolute atomic E-state index is 0.0180. The number of carbonyl (C=O) groups excluding carboxylic acids is 1. The second-order valence-electron chi connectivity index (χ2n) is 5.29. The van der Waals surface area contributed by atoms with Crippen LogP contribution in [0.25, 0.3) is 11.0 Å². The number of rotatable bonds is 4. The maximum atomic E-state index is 12.4. The van der Waals surface area contributed by atoms with Crippen molar-refractivity contribution in [1.82, 2.24) is 14.5 Å². The van der Waals surface area contributed by atoms with Gasteiger partial charge in [-0.1, -0.05) is 0 Å². The Hall–Kier alpha value is -2.08. The first-order valence-corrected chi connectivity index (χ1v) is 7.07. The number of fused-ring (bicyclic) bond motifs is 1. The van der Waals surface area contributed by atoms with Crippen LogP contribution in [-0.2, 0) is 4.79 Å². The molecule has 114 valence electrons. The van der Waals surface area contributed by atoms with Gasteiger partial charge in [-0.2, -0.15) is 0 Å². The fourth-order valence-electron chi connectivity index (χ4n) is 2.42. The van der Waals surface area contributed by atoms with Crippen LogP contribution in [0.3, 0.4) is 0 Å². The average molecular weight is 290 g/mol. The standard InChI is InChI=1S/C15H22N4O2/c1-5-18(4)15(21)9(2)19-13-7-6-11(16)8-12(13)17-14(19)10(3)20/h6-10,20H,5,16H2,1-4H3. The monoisotopic (exact) mass is 290 g/mol. The molecule has 0 fully saturated rings. The molecule has 0 saturated carbocycles. The molecule has 1 heterocycles. The van der Waals surface area contributed by atoms with Crippen molar-refractivity contribution in [3.63, 3.8) is 0 Å². The number of nitrogen functional groups attached to an aromatic ring is 1. The van der Waals surface area contributed by atoms with Crippen LogP contribution < -0.4 is 5.73 Å². The lowest BCUT2D eigenvalue weighted by Gasteiger charge is -2.23. The van der Waals surface area contributed by atoms with Gasteiger partial charge in [0.05, 0.1) is 11.0 Å². The zero-order chi connectivity index (χ0) is 15.7. The molecule has 0 bridgehead atoms. The van der Waals surface area contributed by atoms with E-state index in [-0.39, 0.29) is 5.91 Å². The van der Waals surface area contributed by atoms with Gasteiger partial charge < -0.3 is 20.3 Å². The SMILES string of the molecule is CCN(C)C(=O)C(C)n1c(C(C)O)nc2cc(N)ccc21. The van der Waals surface area contributed by atoms with Gasteiger partial charge in [0.15, 0.2) is 0 Å². The Kier molecular flexibility index (Phi) is 4.18. The van der Waals surface area contributed by atoms with Gasteiger partial charge >= 0.3 is 0 Å². The summed E-state index contributed by atoms with van der Waals surface area (Å²) in [5.74, 6) is 0.455. The molecule has 2 unspecified atom stereocenters. The third-order valence-electron chi connectivity index (χ3n) is 3.71. The van der Waals surface area contributed by atoms with E-state index in [9.17, 15) is 9.90 Å². The number of carbonyl (C=O) groups is 1. The average Bonchev–Trinajstić information content (AvgIpc) is 2.83. The molecule has 0 aliphatic rings. The molecule has 3 N–H and O–H groups in total. The van der Waals surface area contributed by atoms with E-state index in [2.05, 4.69) is 4.98 Å².